The molecule has 8 nitrogen and oxygen atoms in total. The largest absolute Gasteiger partial charge is 0.396 e. The number of aromatic nitrogens is 4. The Balaban J connectivity index is 1.75. The van der Waals surface area contributed by atoms with Crippen LogP contribution in [0.5, 0.6) is 0 Å². The van der Waals surface area contributed by atoms with Gasteiger partial charge in [-0.25, -0.2) is 4.68 Å². The number of aliphatic hydroxyl groups is 1. The van der Waals surface area contributed by atoms with Crippen molar-refractivity contribution in [3.05, 3.63) is 63.5 Å². The first kappa shape index (κ1) is 19.3. The highest BCUT2D eigenvalue weighted by Crippen LogP contribution is 2.39. The van der Waals surface area contributed by atoms with Crippen molar-refractivity contribution in [2.24, 2.45) is 0 Å². The summed E-state index contributed by atoms with van der Waals surface area (Å²) in [5.74, 6) is 1.03. The summed E-state index contributed by atoms with van der Waals surface area (Å²) in [6.45, 7) is 3.99. The van der Waals surface area contributed by atoms with Crippen LogP contribution in [0.2, 0.25) is 0 Å². The number of hydrogen-bond acceptors (Lipinski definition) is 7. The van der Waals surface area contributed by atoms with Crippen molar-refractivity contribution in [3.8, 4) is 0 Å². The average Bonchev–Trinajstić information content (AvgIpc) is 3.31. The number of fused-ring (bicyclic) bond motifs is 1. The topological polar surface area (TPSA) is 105 Å². The predicted octanol–water partition coefficient (Wildman–Crippen LogP) is 2.90. The summed E-state index contributed by atoms with van der Waals surface area (Å²) < 4.78 is 1.77. The second-order valence-corrected chi connectivity index (χ2v) is 7.80. The molecule has 0 aromatic carbocycles. The molecule has 0 aliphatic carbocycles. The summed E-state index contributed by atoms with van der Waals surface area (Å²) in [4.78, 5) is 22.9. The number of anilines is 2. The third-order valence-electron chi connectivity index (χ3n) is 4.77. The number of hydrogen-bond donors (Lipinski definition) is 3. The molecule has 0 saturated heterocycles. The van der Waals surface area contributed by atoms with Gasteiger partial charge < -0.3 is 15.7 Å². The molecule has 1 amide bonds. The second kappa shape index (κ2) is 8.14. The molecule has 1 unspecified atom stereocenters. The van der Waals surface area contributed by atoms with E-state index < -0.39 is 0 Å². The first-order valence-corrected chi connectivity index (χ1v) is 10.3. The Bertz CT molecular complexity index is 1060. The van der Waals surface area contributed by atoms with Crippen LogP contribution >= 0.6 is 11.3 Å². The predicted molar refractivity (Wildman–Crippen MR) is 112 cm³/mol. The summed E-state index contributed by atoms with van der Waals surface area (Å²) in [7, 11) is 0. The number of nitrogens with zero attached hydrogens (tertiary/aromatic N) is 4. The second-order valence-electron chi connectivity index (χ2n) is 6.85. The van der Waals surface area contributed by atoms with Crippen molar-refractivity contribution in [2.75, 3.05) is 17.2 Å². The molecule has 3 aromatic rings. The van der Waals surface area contributed by atoms with E-state index in [-0.39, 0.29) is 18.6 Å². The van der Waals surface area contributed by atoms with Crippen molar-refractivity contribution in [3.63, 3.8) is 0 Å². The van der Waals surface area contributed by atoms with Gasteiger partial charge in [-0.2, -0.15) is 10.1 Å². The monoisotopic (exact) mass is 410 g/mol. The summed E-state index contributed by atoms with van der Waals surface area (Å²) >= 11 is 1.59. The molecule has 0 radical (unpaired) electrons. The standard InChI is InChI=1S/C20H22N6O2S/c1-12-7-10-29-18(12)17-16(19(28)23-14-5-3-8-21-11-14)13(2)22-20-24-15(6-4-9-27)25-26(17)20/h3,5,7-8,10-11,17,27H,4,6,9H2,1-2H3,(H,23,28)(H,22,24,25). The lowest BCUT2D eigenvalue weighted by molar-refractivity contribution is -0.113. The third kappa shape index (κ3) is 3.79. The molecule has 0 fully saturated rings. The smallest absolute Gasteiger partial charge is 0.255 e. The Morgan fingerprint density at radius 2 is 2.24 bits per heavy atom. The van der Waals surface area contributed by atoms with Gasteiger partial charge in [0.1, 0.15) is 6.04 Å². The van der Waals surface area contributed by atoms with Crippen molar-refractivity contribution in [1.29, 1.82) is 0 Å². The molecule has 3 aromatic heterocycles. The minimum atomic E-state index is -0.377. The first-order valence-electron chi connectivity index (χ1n) is 9.38. The number of aryl methyl sites for hydroxylation is 2. The molecule has 4 heterocycles. The van der Waals surface area contributed by atoms with Crippen molar-refractivity contribution >= 4 is 28.9 Å². The van der Waals surface area contributed by atoms with E-state index in [0.29, 0.717) is 35.9 Å². The molecule has 9 heteroatoms. The zero-order valence-corrected chi connectivity index (χ0v) is 17.0. The maximum atomic E-state index is 13.3. The molecular formula is C20H22N6O2S. The van der Waals surface area contributed by atoms with E-state index in [9.17, 15) is 4.79 Å². The zero-order valence-electron chi connectivity index (χ0n) is 16.2. The number of nitrogens with one attached hydrogen (secondary N) is 2. The van der Waals surface area contributed by atoms with E-state index >= 15 is 0 Å². The lowest BCUT2D eigenvalue weighted by atomic mass is 9.99. The summed E-state index contributed by atoms with van der Waals surface area (Å²) in [5.41, 5.74) is 3.05. The van der Waals surface area contributed by atoms with Gasteiger partial charge in [0.15, 0.2) is 5.82 Å². The van der Waals surface area contributed by atoms with Gasteiger partial charge in [-0.3, -0.25) is 9.78 Å². The molecule has 0 bridgehead atoms. The van der Waals surface area contributed by atoms with Gasteiger partial charge in [-0.1, -0.05) is 0 Å². The Hall–Kier alpha value is -3.04. The number of pyridine rings is 1. The first-order chi connectivity index (χ1) is 14.1. The number of carbonyl (C=O) groups excluding carboxylic acids is 1. The maximum Gasteiger partial charge on any atom is 0.255 e. The normalized spacial score (nSPS) is 15.8. The fourth-order valence-electron chi connectivity index (χ4n) is 3.37. The van der Waals surface area contributed by atoms with Gasteiger partial charge in [0, 0.05) is 29.8 Å². The lowest BCUT2D eigenvalue weighted by Crippen LogP contribution is -2.31. The SMILES string of the molecule is CC1=C(C(=O)Nc2cccnc2)C(c2sccc2C)n2nc(CCCO)nc2N1. The molecular weight excluding hydrogens is 388 g/mol. The Kier molecular flexibility index (Phi) is 5.41. The van der Waals surface area contributed by atoms with Crippen LogP contribution in [-0.2, 0) is 11.2 Å². The van der Waals surface area contributed by atoms with Crippen LogP contribution in [-0.4, -0.2) is 37.4 Å². The van der Waals surface area contributed by atoms with E-state index in [2.05, 4.69) is 25.7 Å². The van der Waals surface area contributed by atoms with E-state index in [1.54, 1.807) is 40.5 Å². The summed E-state index contributed by atoms with van der Waals surface area (Å²) in [5, 5.41) is 21.9. The minimum Gasteiger partial charge on any atom is -0.396 e. The van der Waals surface area contributed by atoms with Gasteiger partial charge in [-0.05, 0) is 49.4 Å². The Morgan fingerprint density at radius 1 is 1.38 bits per heavy atom. The van der Waals surface area contributed by atoms with Crippen LogP contribution in [0.25, 0.3) is 0 Å². The van der Waals surface area contributed by atoms with Crippen LogP contribution < -0.4 is 10.6 Å². The third-order valence-corrected chi connectivity index (χ3v) is 5.84. The van der Waals surface area contributed by atoms with Gasteiger partial charge in [0.25, 0.3) is 5.91 Å². The lowest BCUT2D eigenvalue weighted by Gasteiger charge is -2.28. The highest BCUT2D eigenvalue weighted by molar-refractivity contribution is 7.10. The average molecular weight is 411 g/mol. The fourth-order valence-corrected chi connectivity index (χ4v) is 4.39. The van der Waals surface area contributed by atoms with Gasteiger partial charge in [0.2, 0.25) is 5.95 Å². The van der Waals surface area contributed by atoms with E-state index in [1.807, 2.05) is 25.3 Å². The Morgan fingerprint density at radius 3 is 2.93 bits per heavy atom. The Labute approximate surface area is 172 Å². The molecule has 1 aliphatic heterocycles. The van der Waals surface area contributed by atoms with Crippen LogP contribution in [0.1, 0.15) is 35.7 Å². The van der Waals surface area contributed by atoms with Crippen molar-refractivity contribution in [2.45, 2.75) is 32.7 Å². The van der Waals surface area contributed by atoms with Gasteiger partial charge >= 0.3 is 0 Å². The van der Waals surface area contributed by atoms with E-state index in [0.717, 1.165) is 16.1 Å². The quantitative estimate of drug-likeness (QED) is 0.577. The van der Waals surface area contributed by atoms with E-state index in [1.165, 1.54) is 0 Å². The zero-order chi connectivity index (χ0) is 20.4. The van der Waals surface area contributed by atoms with Crippen LogP contribution in [0.3, 0.4) is 0 Å². The van der Waals surface area contributed by atoms with E-state index in [4.69, 9.17) is 5.11 Å². The molecule has 1 aliphatic rings. The van der Waals surface area contributed by atoms with Crippen LogP contribution in [0.15, 0.2) is 47.2 Å². The maximum absolute atomic E-state index is 13.3. The highest BCUT2D eigenvalue weighted by Gasteiger charge is 2.35. The molecule has 150 valence electrons. The molecule has 1 atom stereocenters. The number of aliphatic hydroxyl groups excluding tert-OH is 1. The number of amides is 1. The number of thiophene rings is 1. The summed E-state index contributed by atoms with van der Waals surface area (Å²) in [6.07, 6.45) is 4.44. The number of carbonyl (C=O) groups is 1. The van der Waals surface area contributed by atoms with Crippen LogP contribution in [0.4, 0.5) is 11.6 Å². The molecule has 0 spiro atoms. The number of rotatable bonds is 6. The molecule has 0 saturated carbocycles. The molecule has 29 heavy (non-hydrogen) atoms. The molecule has 4 rings (SSSR count). The molecule has 3 N–H and O–H groups in total. The highest BCUT2D eigenvalue weighted by atomic mass is 32.1. The van der Waals surface area contributed by atoms with Crippen LogP contribution in [0, 0.1) is 6.92 Å². The van der Waals surface area contributed by atoms with Crippen molar-refractivity contribution in [1.82, 2.24) is 19.7 Å². The van der Waals surface area contributed by atoms with Gasteiger partial charge in [0.05, 0.1) is 17.5 Å². The fraction of sp³-hybridized carbons (Fsp3) is 0.300. The van der Waals surface area contributed by atoms with Gasteiger partial charge in [-0.15, -0.1) is 11.3 Å². The minimum absolute atomic E-state index is 0.0841. The number of allylic oxidation sites excluding steroid dienone is 1. The summed E-state index contributed by atoms with van der Waals surface area (Å²) in [6, 6.07) is 5.24. The van der Waals surface area contributed by atoms with Crippen molar-refractivity contribution < 1.29 is 9.90 Å².